The van der Waals surface area contributed by atoms with Crippen LogP contribution < -0.4 is 0 Å². The van der Waals surface area contributed by atoms with Crippen LogP contribution in [0, 0.1) is 5.92 Å². The molecule has 2 aliphatic heterocycles. The van der Waals surface area contributed by atoms with Crippen LogP contribution in [0.25, 0.3) is 0 Å². The number of alkyl halides is 3. The molecule has 0 unspecified atom stereocenters. The van der Waals surface area contributed by atoms with E-state index < -0.39 is 11.9 Å². The highest BCUT2D eigenvalue weighted by molar-refractivity contribution is 5.81. The third-order valence-electron chi connectivity index (χ3n) is 5.13. The third-order valence-corrected chi connectivity index (χ3v) is 5.13. The minimum Gasteiger partial charge on any atom is -0.365 e. The van der Waals surface area contributed by atoms with Crippen molar-refractivity contribution in [3.63, 3.8) is 0 Å². The molecule has 0 spiro atoms. The summed E-state index contributed by atoms with van der Waals surface area (Å²) in [5.74, 6) is 0.575. The summed E-state index contributed by atoms with van der Waals surface area (Å²) in [5, 5.41) is 0. The minimum absolute atomic E-state index is 0.0247. The molecule has 8 heteroatoms. The zero-order valence-corrected chi connectivity index (χ0v) is 14.6. The monoisotopic (exact) mass is 359 g/mol. The molecule has 2 aliphatic rings. The van der Waals surface area contributed by atoms with Gasteiger partial charge in [0.2, 0.25) is 0 Å². The van der Waals surface area contributed by atoms with Gasteiger partial charge in [-0.25, -0.2) is 4.98 Å². The molecule has 0 saturated carbocycles. The summed E-state index contributed by atoms with van der Waals surface area (Å²) in [6.45, 7) is 3.02. The second kappa shape index (κ2) is 6.97. The highest BCUT2D eigenvalue weighted by Gasteiger charge is 2.36. The zero-order chi connectivity index (χ0) is 18.2. The van der Waals surface area contributed by atoms with Crippen LogP contribution in [0.5, 0.6) is 0 Å². The van der Waals surface area contributed by atoms with Gasteiger partial charge in [0.1, 0.15) is 11.9 Å². The number of aryl methyl sites for hydroxylation is 1. The molecule has 1 aromatic rings. The summed E-state index contributed by atoms with van der Waals surface area (Å²) < 4.78 is 45.7. The molecule has 1 aromatic heterocycles. The Kier molecular flexibility index (Phi) is 5.09. The molecule has 25 heavy (non-hydrogen) atoms. The molecule has 0 aromatic carbocycles. The number of hydrogen-bond donors (Lipinski definition) is 0. The molecule has 0 aliphatic carbocycles. The van der Waals surface area contributed by atoms with Gasteiger partial charge in [0.15, 0.2) is 5.69 Å². The first kappa shape index (κ1) is 18.2. The van der Waals surface area contributed by atoms with Crippen LogP contribution in [-0.4, -0.2) is 46.2 Å². The van der Waals surface area contributed by atoms with E-state index in [1.165, 1.54) is 0 Å². The molecule has 1 fully saturated rings. The van der Waals surface area contributed by atoms with E-state index in [1.54, 1.807) is 16.5 Å². The van der Waals surface area contributed by atoms with Gasteiger partial charge in [0, 0.05) is 32.8 Å². The normalized spacial score (nSPS) is 26.5. The van der Waals surface area contributed by atoms with Crippen molar-refractivity contribution >= 4 is 5.91 Å². The Bertz CT molecular complexity index is 629. The van der Waals surface area contributed by atoms with Crippen LogP contribution in [0.15, 0.2) is 6.20 Å². The average molecular weight is 359 g/mol. The Morgan fingerprint density at radius 2 is 2.16 bits per heavy atom. The Morgan fingerprint density at radius 1 is 1.40 bits per heavy atom. The van der Waals surface area contributed by atoms with E-state index in [9.17, 15) is 18.0 Å². The first-order chi connectivity index (χ1) is 11.8. The fourth-order valence-corrected chi connectivity index (χ4v) is 3.71. The van der Waals surface area contributed by atoms with Crippen molar-refractivity contribution in [2.75, 3.05) is 13.6 Å². The van der Waals surface area contributed by atoms with Gasteiger partial charge in [-0.2, -0.15) is 13.2 Å². The van der Waals surface area contributed by atoms with Crippen molar-refractivity contribution in [3.8, 4) is 0 Å². The highest BCUT2D eigenvalue weighted by Crippen LogP contribution is 2.31. The number of carbonyl (C=O) groups excluding carboxylic acids is 1. The molecule has 0 N–H and O–H groups in total. The number of carbonyl (C=O) groups is 1. The van der Waals surface area contributed by atoms with Crippen LogP contribution in [-0.2, 0) is 28.7 Å². The maximum atomic E-state index is 12.8. The second-order valence-electron chi connectivity index (χ2n) is 7.05. The molecular formula is C17H24F3N3O2. The fraction of sp³-hybridized carbons (Fsp3) is 0.765. The first-order valence-corrected chi connectivity index (χ1v) is 8.81. The van der Waals surface area contributed by atoms with Gasteiger partial charge < -0.3 is 14.2 Å². The van der Waals surface area contributed by atoms with E-state index in [2.05, 4.69) is 4.98 Å². The molecule has 0 bridgehead atoms. The summed E-state index contributed by atoms with van der Waals surface area (Å²) in [7, 11) is 1.75. The number of imidazole rings is 1. The summed E-state index contributed by atoms with van der Waals surface area (Å²) >= 11 is 0. The largest absolute Gasteiger partial charge is 0.434 e. The summed E-state index contributed by atoms with van der Waals surface area (Å²) in [4.78, 5) is 17.9. The van der Waals surface area contributed by atoms with Crippen molar-refractivity contribution in [1.82, 2.24) is 14.5 Å². The van der Waals surface area contributed by atoms with E-state index in [-0.39, 0.29) is 24.0 Å². The number of hydrogen-bond acceptors (Lipinski definition) is 3. The molecular weight excluding hydrogens is 335 g/mol. The Balaban J connectivity index is 1.57. The lowest BCUT2D eigenvalue weighted by Gasteiger charge is -2.29. The van der Waals surface area contributed by atoms with Gasteiger partial charge >= 0.3 is 6.18 Å². The predicted molar refractivity (Wildman–Crippen MR) is 84.9 cm³/mol. The van der Waals surface area contributed by atoms with E-state index in [1.807, 2.05) is 6.92 Å². The molecule has 3 atom stereocenters. The van der Waals surface area contributed by atoms with Crippen molar-refractivity contribution in [3.05, 3.63) is 17.7 Å². The number of nitrogens with zero attached hydrogens (tertiary/aromatic N) is 3. The number of aromatic nitrogens is 2. The zero-order valence-electron chi connectivity index (χ0n) is 14.6. The van der Waals surface area contributed by atoms with Crippen molar-refractivity contribution in [1.29, 1.82) is 0 Å². The SMILES string of the molecule is CC[C@@H]1CC[C@@H](C(=O)N(C)C[C@H]2CCc3nc(C(F)(F)F)cn3C2)O1. The van der Waals surface area contributed by atoms with E-state index in [4.69, 9.17) is 4.74 Å². The van der Waals surface area contributed by atoms with Crippen molar-refractivity contribution < 1.29 is 22.7 Å². The van der Waals surface area contributed by atoms with Crippen LogP contribution >= 0.6 is 0 Å². The van der Waals surface area contributed by atoms with Gasteiger partial charge in [-0.05, 0) is 31.6 Å². The number of rotatable bonds is 4. The number of likely N-dealkylation sites (N-methyl/N-ethyl adjacent to an activating group) is 1. The maximum Gasteiger partial charge on any atom is 0.434 e. The van der Waals surface area contributed by atoms with Gasteiger partial charge in [0.05, 0.1) is 6.10 Å². The smallest absolute Gasteiger partial charge is 0.365 e. The van der Waals surface area contributed by atoms with Crippen LogP contribution in [0.3, 0.4) is 0 Å². The predicted octanol–water partition coefficient (Wildman–Crippen LogP) is 2.88. The lowest BCUT2D eigenvalue weighted by Crippen LogP contribution is -2.40. The topological polar surface area (TPSA) is 47.4 Å². The van der Waals surface area contributed by atoms with Crippen molar-refractivity contribution in [2.45, 2.75) is 64.0 Å². The first-order valence-electron chi connectivity index (χ1n) is 8.81. The second-order valence-corrected chi connectivity index (χ2v) is 7.05. The Morgan fingerprint density at radius 3 is 2.80 bits per heavy atom. The minimum atomic E-state index is -4.41. The lowest BCUT2D eigenvalue weighted by atomic mass is 9.98. The quantitative estimate of drug-likeness (QED) is 0.831. The van der Waals surface area contributed by atoms with Gasteiger partial charge in [-0.3, -0.25) is 4.79 Å². The molecule has 3 rings (SSSR count). The molecule has 140 valence electrons. The Hall–Kier alpha value is -1.57. The summed E-state index contributed by atoms with van der Waals surface area (Å²) in [6, 6.07) is 0. The number of fused-ring (bicyclic) bond motifs is 1. The number of amides is 1. The average Bonchev–Trinajstić information content (AvgIpc) is 3.19. The van der Waals surface area contributed by atoms with Crippen molar-refractivity contribution in [2.24, 2.45) is 5.92 Å². The fourth-order valence-electron chi connectivity index (χ4n) is 3.71. The molecule has 5 nitrogen and oxygen atoms in total. The third kappa shape index (κ3) is 3.99. The van der Waals surface area contributed by atoms with Crippen LogP contribution in [0.1, 0.15) is 44.1 Å². The maximum absolute atomic E-state index is 12.8. The van der Waals surface area contributed by atoms with Crippen LogP contribution in [0.4, 0.5) is 13.2 Å². The summed E-state index contributed by atoms with van der Waals surface area (Å²) in [6.07, 6.45) is 0.231. The van der Waals surface area contributed by atoms with Crippen LogP contribution in [0.2, 0.25) is 0 Å². The van der Waals surface area contributed by atoms with Gasteiger partial charge in [-0.15, -0.1) is 0 Å². The molecule has 1 amide bonds. The molecule has 0 radical (unpaired) electrons. The van der Waals surface area contributed by atoms with Gasteiger partial charge in [0.25, 0.3) is 5.91 Å². The van der Waals surface area contributed by atoms with Gasteiger partial charge in [-0.1, -0.05) is 6.92 Å². The summed E-state index contributed by atoms with van der Waals surface area (Å²) in [5.41, 5.74) is -0.836. The van der Waals surface area contributed by atoms with E-state index in [0.29, 0.717) is 25.3 Å². The molecule has 3 heterocycles. The highest BCUT2D eigenvalue weighted by atomic mass is 19.4. The lowest BCUT2D eigenvalue weighted by molar-refractivity contribution is -0.142. The number of ether oxygens (including phenoxy) is 1. The standard InChI is InChI=1S/C17H24F3N3O2/c1-3-12-5-6-13(25-12)16(24)22(2)8-11-4-7-15-21-14(17(18,19)20)10-23(15)9-11/h10-13H,3-9H2,1-2H3/t11-,12-,13+/m1/s1. The van der Waals surface area contributed by atoms with E-state index >= 15 is 0 Å². The van der Waals surface area contributed by atoms with E-state index in [0.717, 1.165) is 31.9 Å². The Labute approximate surface area is 145 Å². The molecule has 1 saturated heterocycles. The number of halogens is 3.